The van der Waals surface area contributed by atoms with Crippen molar-refractivity contribution in [3.8, 4) is 0 Å². The van der Waals surface area contributed by atoms with Gasteiger partial charge in [-0.1, -0.05) is 108 Å². The zero-order chi connectivity index (χ0) is 26.6. The van der Waals surface area contributed by atoms with E-state index in [2.05, 4.69) is 84.9 Å². The van der Waals surface area contributed by atoms with Crippen molar-refractivity contribution < 1.29 is 22.4 Å². The summed E-state index contributed by atoms with van der Waals surface area (Å²) in [6.45, 7) is 1.52. The van der Waals surface area contributed by atoms with Gasteiger partial charge in [0, 0.05) is 19.1 Å². The van der Waals surface area contributed by atoms with Gasteiger partial charge in [-0.15, -0.1) is 0 Å². The number of nitrogens with zero attached hydrogens (tertiary/aromatic N) is 1. The van der Waals surface area contributed by atoms with Gasteiger partial charge >= 0.3 is 22.4 Å². The van der Waals surface area contributed by atoms with Gasteiger partial charge in [-0.2, -0.15) is 0 Å². The molecule has 0 aliphatic heterocycles. The first kappa shape index (κ1) is 31.6. The Labute approximate surface area is 262 Å². The largest absolute Gasteiger partial charge is 1.00 e. The fourth-order valence-corrected chi connectivity index (χ4v) is 8.78. The molecular formula is C33H37AuN2PS2+. The summed E-state index contributed by atoms with van der Waals surface area (Å²) >= 11 is 10.3. The second-order valence-electron chi connectivity index (χ2n) is 9.79. The van der Waals surface area contributed by atoms with Crippen LogP contribution in [-0.2, 0) is 48.1 Å². The van der Waals surface area contributed by atoms with Crippen LogP contribution >= 0.6 is 20.1 Å². The van der Waals surface area contributed by atoms with Gasteiger partial charge in [0.2, 0.25) is 0 Å². The van der Waals surface area contributed by atoms with E-state index in [1.54, 1.807) is 0 Å². The molecule has 0 amide bonds. The second-order valence-corrected chi connectivity index (χ2v) is 13.5. The molecule has 206 valence electrons. The van der Waals surface area contributed by atoms with Crippen LogP contribution in [0.5, 0.6) is 0 Å². The summed E-state index contributed by atoms with van der Waals surface area (Å²) in [7, 11) is -0.774. The van der Waals surface area contributed by atoms with E-state index in [9.17, 15) is 0 Å². The average Bonchev–Trinajstić information content (AvgIpc) is 2.96. The SMILES string of the molecule is N[C@@H]1CCCC[C@H]1[PH+](c1ccccc1)c1ccccc1.S=C([S-])N(Cc1ccccc1)Cc1ccccc1.[Au+]. The Hall–Kier alpha value is -1.88. The summed E-state index contributed by atoms with van der Waals surface area (Å²) < 4.78 is 0.516. The molecule has 1 fully saturated rings. The monoisotopic (exact) mass is 753 g/mol. The molecule has 5 rings (SSSR count). The van der Waals surface area contributed by atoms with Gasteiger partial charge in [0.15, 0.2) is 0 Å². The minimum absolute atomic E-state index is 0. The zero-order valence-corrected chi connectivity index (χ0v) is 26.9. The quantitative estimate of drug-likeness (QED) is 0.0993. The van der Waals surface area contributed by atoms with Crippen molar-refractivity contribution in [1.29, 1.82) is 0 Å². The molecule has 6 heteroatoms. The van der Waals surface area contributed by atoms with E-state index in [1.807, 2.05) is 41.3 Å². The maximum Gasteiger partial charge on any atom is 1.00 e. The summed E-state index contributed by atoms with van der Waals surface area (Å²) in [5, 5.41) is 3.01. The number of rotatable bonds is 7. The summed E-state index contributed by atoms with van der Waals surface area (Å²) in [5.74, 6) is 0. The number of hydrogen-bond donors (Lipinski definition) is 1. The van der Waals surface area contributed by atoms with Crippen molar-refractivity contribution in [3.63, 3.8) is 0 Å². The number of nitrogens with two attached hydrogens (primary N) is 1. The summed E-state index contributed by atoms with van der Waals surface area (Å²) in [4.78, 5) is 2.04. The van der Waals surface area contributed by atoms with Crippen LogP contribution in [0.4, 0.5) is 0 Å². The maximum atomic E-state index is 6.48. The second kappa shape index (κ2) is 17.0. The zero-order valence-electron chi connectivity index (χ0n) is 22.1. The molecule has 0 heterocycles. The van der Waals surface area contributed by atoms with Crippen LogP contribution in [0.15, 0.2) is 121 Å². The van der Waals surface area contributed by atoms with Crippen LogP contribution in [-0.4, -0.2) is 20.9 Å². The molecule has 1 aliphatic rings. The van der Waals surface area contributed by atoms with E-state index >= 15 is 0 Å². The number of hydrogen-bond acceptors (Lipinski definition) is 3. The van der Waals surface area contributed by atoms with Crippen molar-refractivity contribution in [2.45, 2.75) is 50.5 Å². The van der Waals surface area contributed by atoms with Crippen molar-refractivity contribution in [2.75, 3.05) is 0 Å². The predicted molar refractivity (Wildman–Crippen MR) is 173 cm³/mol. The Morgan fingerprint density at radius 1 is 0.692 bits per heavy atom. The molecular weight excluding hydrogens is 716 g/mol. The van der Waals surface area contributed by atoms with E-state index in [4.69, 9.17) is 30.6 Å². The van der Waals surface area contributed by atoms with Crippen molar-refractivity contribution in [3.05, 3.63) is 132 Å². The standard InChI is InChI=1S/C18H22NP.C15H15NS2.Au/c19-17-13-7-8-14-18(17)20(15-9-3-1-4-10-15)16-11-5-2-6-12-16;17-15(18)16(11-13-7-3-1-4-8-13)12-14-9-5-2-6-10-14;/h1-6,9-12,17-18H,7-8,13-14,19H2;1-10H,11-12H2,(H,17,18);/q;;+1/t17-,18-;;/m1../s1. The Balaban J connectivity index is 0.000000211. The molecule has 1 aliphatic carbocycles. The Kier molecular flexibility index (Phi) is 13.8. The summed E-state index contributed by atoms with van der Waals surface area (Å²) in [5.41, 5.74) is 9.59. The minimum Gasteiger partial charge on any atom is -0.411 e. The van der Waals surface area contributed by atoms with Crippen molar-refractivity contribution in [2.24, 2.45) is 5.73 Å². The third kappa shape index (κ3) is 9.92. The first-order valence-corrected chi connectivity index (χ1v) is 15.8. The van der Waals surface area contributed by atoms with Gasteiger partial charge in [0.25, 0.3) is 0 Å². The van der Waals surface area contributed by atoms with Crippen LogP contribution in [0.3, 0.4) is 0 Å². The molecule has 2 N–H and O–H groups in total. The third-order valence-electron chi connectivity index (χ3n) is 7.05. The van der Waals surface area contributed by atoms with E-state index in [0.717, 1.165) is 13.1 Å². The van der Waals surface area contributed by atoms with Gasteiger partial charge in [-0.05, 0) is 54.7 Å². The van der Waals surface area contributed by atoms with Gasteiger partial charge in [-0.25, -0.2) is 0 Å². The fraction of sp³-hybridized carbons (Fsp3) is 0.242. The van der Waals surface area contributed by atoms with Crippen LogP contribution in [0.2, 0.25) is 0 Å². The van der Waals surface area contributed by atoms with Gasteiger partial charge in [-0.3, -0.25) is 0 Å². The molecule has 0 saturated heterocycles. The van der Waals surface area contributed by atoms with Crippen molar-refractivity contribution in [1.82, 2.24) is 4.90 Å². The fourth-order valence-electron chi connectivity index (χ4n) is 5.14. The van der Waals surface area contributed by atoms with Gasteiger partial charge in [0.05, 0.1) is 24.2 Å². The van der Waals surface area contributed by atoms with Crippen LogP contribution in [0.25, 0.3) is 0 Å². The topological polar surface area (TPSA) is 29.3 Å². The van der Waals surface area contributed by atoms with E-state index in [-0.39, 0.29) is 22.4 Å². The Morgan fingerprint density at radius 3 is 1.46 bits per heavy atom. The third-order valence-corrected chi connectivity index (χ3v) is 10.9. The van der Waals surface area contributed by atoms with Crippen LogP contribution in [0.1, 0.15) is 36.8 Å². The molecule has 39 heavy (non-hydrogen) atoms. The molecule has 4 aromatic rings. The van der Waals surface area contributed by atoms with Crippen LogP contribution in [0, 0.1) is 0 Å². The molecule has 2 atom stereocenters. The summed E-state index contributed by atoms with van der Waals surface area (Å²) in [6.07, 6.45) is 5.13. The smallest absolute Gasteiger partial charge is 0.411 e. The number of benzene rings is 4. The van der Waals surface area contributed by atoms with E-state index in [1.165, 1.54) is 47.4 Å². The average molecular weight is 754 g/mol. The molecule has 0 spiro atoms. The van der Waals surface area contributed by atoms with Crippen LogP contribution < -0.4 is 16.3 Å². The molecule has 0 unspecified atom stereocenters. The molecule has 2 nitrogen and oxygen atoms in total. The molecule has 0 radical (unpaired) electrons. The van der Waals surface area contributed by atoms with E-state index in [0.29, 0.717) is 16.0 Å². The van der Waals surface area contributed by atoms with E-state index < -0.39 is 7.92 Å². The predicted octanol–water partition coefficient (Wildman–Crippen LogP) is 6.64. The maximum absolute atomic E-state index is 6.48. The van der Waals surface area contributed by atoms with Gasteiger partial charge < -0.3 is 35.5 Å². The molecule has 0 bridgehead atoms. The Bertz CT molecular complexity index is 1150. The molecule has 1 saturated carbocycles. The normalized spacial score (nSPS) is 16.4. The molecule has 4 aromatic carbocycles. The number of thiocarbonyl (C=S) groups is 1. The minimum atomic E-state index is -0.774. The van der Waals surface area contributed by atoms with Crippen molar-refractivity contribution >= 4 is 47.7 Å². The first-order valence-electron chi connectivity index (χ1n) is 13.4. The van der Waals surface area contributed by atoms with Gasteiger partial charge in [0.1, 0.15) is 0 Å². The first-order chi connectivity index (χ1) is 18.6. The molecule has 0 aromatic heterocycles. The Morgan fingerprint density at radius 2 is 1.08 bits per heavy atom. The summed E-state index contributed by atoms with van der Waals surface area (Å²) in [6, 6.07) is 42.9.